The molecule has 4 atom stereocenters. The molecular formula is C26H28O2. The summed E-state index contributed by atoms with van der Waals surface area (Å²) in [5.74, 6) is 4.37. The standard InChI is InChI=1S/C26H28O2/c1-5-16-11-17(6-2)23-15-26(14-22(16)23)24-12-18(27-3)7-9-20(24)21-10-8-19(28-4)13-25(21)26/h5-10,12-13,16-17,22-23H,1-2,11,14-15H2,3-4H3. The maximum absolute atomic E-state index is 5.61. The molecule has 28 heavy (non-hydrogen) atoms. The van der Waals surface area contributed by atoms with Crippen molar-refractivity contribution in [1.29, 1.82) is 0 Å². The second-order valence-electron chi connectivity index (χ2n) is 8.68. The van der Waals surface area contributed by atoms with Crippen LogP contribution in [0.4, 0.5) is 0 Å². The number of benzene rings is 2. The Morgan fingerprint density at radius 2 is 1.29 bits per heavy atom. The average Bonchev–Trinajstić information content (AvgIpc) is 3.37. The molecule has 4 unspecified atom stereocenters. The minimum Gasteiger partial charge on any atom is -0.497 e. The number of hydrogen-bond donors (Lipinski definition) is 0. The summed E-state index contributed by atoms with van der Waals surface area (Å²) >= 11 is 0. The summed E-state index contributed by atoms with van der Waals surface area (Å²) in [6.45, 7) is 8.31. The molecule has 0 aliphatic heterocycles. The van der Waals surface area contributed by atoms with Crippen molar-refractivity contribution in [3.8, 4) is 22.6 Å². The Morgan fingerprint density at radius 1 is 0.821 bits per heavy atom. The number of ether oxygens (including phenoxy) is 2. The highest BCUT2D eigenvalue weighted by molar-refractivity contribution is 5.82. The molecule has 0 heterocycles. The van der Waals surface area contributed by atoms with Gasteiger partial charge in [0, 0.05) is 5.41 Å². The molecule has 1 spiro atoms. The van der Waals surface area contributed by atoms with E-state index in [2.05, 4.69) is 61.7 Å². The molecule has 0 bridgehead atoms. The molecule has 0 amide bonds. The van der Waals surface area contributed by atoms with Crippen LogP contribution in [0.15, 0.2) is 61.7 Å². The van der Waals surface area contributed by atoms with Crippen LogP contribution in [0.5, 0.6) is 11.5 Å². The van der Waals surface area contributed by atoms with Gasteiger partial charge in [-0.2, -0.15) is 0 Å². The molecule has 2 aromatic carbocycles. The zero-order chi connectivity index (χ0) is 19.5. The van der Waals surface area contributed by atoms with Gasteiger partial charge in [0.25, 0.3) is 0 Å². The van der Waals surface area contributed by atoms with Gasteiger partial charge < -0.3 is 9.47 Å². The third-order valence-electron chi connectivity index (χ3n) is 7.74. The second kappa shape index (κ2) is 6.27. The van der Waals surface area contributed by atoms with Crippen molar-refractivity contribution in [2.24, 2.45) is 23.7 Å². The Balaban J connectivity index is 1.71. The van der Waals surface area contributed by atoms with Crippen molar-refractivity contribution in [2.45, 2.75) is 24.7 Å². The van der Waals surface area contributed by atoms with Crippen molar-refractivity contribution in [3.05, 3.63) is 72.8 Å². The molecular weight excluding hydrogens is 344 g/mol. The number of methoxy groups -OCH3 is 2. The summed E-state index contributed by atoms with van der Waals surface area (Å²) in [5, 5.41) is 0. The topological polar surface area (TPSA) is 18.5 Å². The molecule has 2 saturated carbocycles. The normalized spacial score (nSPS) is 28.5. The van der Waals surface area contributed by atoms with Gasteiger partial charge in [-0.3, -0.25) is 0 Å². The smallest absolute Gasteiger partial charge is 0.119 e. The summed E-state index contributed by atoms with van der Waals surface area (Å²) in [5.41, 5.74) is 5.59. The van der Waals surface area contributed by atoms with Crippen LogP contribution in [-0.4, -0.2) is 14.2 Å². The van der Waals surface area contributed by atoms with Gasteiger partial charge in [-0.05, 0) is 89.5 Å². The SMILES string of the molecule is C=CC1CC(C=C)C2CC3(CC12)c1cc(OC)ccc1-c1ccc(OC)cc13. The van der Waals surface area contributed by atoms with Crippen LogP contribution in [0.25, 0.3) is 11.1 Å². The molecule has 0 radical (unpaired) electrons. The van der Waals surface area contributed by atoms with Gasteiger partial charge in [-0.1, -0.05) is 24.3 Å². The van der Waals surface area contributed by atoms with Gasteiger partial charge in [-0.15, -0.1) is 13.2 Å². The summed E-state index contributed by atoms with van der Waals surface area (Å²) in [6.07, 6.45) is 7.91. The lowest BCUT2D eigenvalue weighted by Crippen LogP contribution is -2.24. The van der Waals surface area contributed by atoms with E-state index in [0.29, 0.717) is 23.7 Å². The molecule has 5 rings (SSSR count). The van der Waals surface area contributed by atoms with E-state index in [-0.39, 0.29) is 5.41 Å². The van der Waals surface area contributed by atoms with E-state index >= 15 is 0 Å². The van der Waals surface area contributed by atoms with E-state index in [0.717, 1.165) is 11.5 Å². The van der Waals surface area contributed by atoms with Crippen LogP contribution in [0.2, 0.25) is 0 Å². The Labute approximate surface area is 167 Å². The fourth-order valence-electron chi connectivity index (χ4n) is 6.48. The highest BCUT2D eigenvalue weighted by Crippen LogP contribution is 2.66. The average molecular weight is 373 g/mol. The van der Waals surface area contributed by atoms with Crippen LogP contribution in [0.1, 0.15) is 30.4 Å². The van der Waals surface area contributed by atoms with Gasteiger partial charge in [0.1, 0.15) is 11.5 Å². The van der Waals surface area contributed by atoms with Crippen molar-refractivity contribution >= 4 is 0 Å². The fourth-order valence-corrected chi connectivity index (χ4v) is 6.48. The minimum atomic E-state index is 0.0338. The van der Waals surface area contributed by atoms with E-state index < -0.39 is 0 Å². The van der Waals surface area contributed by atoms with Crippen molar-refractivity contribution < 1.29 is 9.47 Å². The van der Waals surface area contributed by atoms with Gasteiger partial charge in [0.2, 0.25) is 0 Å². The maximum Gasteiger partial charge on any atom is 0.119 e. The van der Waals surface area contributed by atoms with E-state index in [9.17, 15) is 0 Å². The molecule has 0 aromatic heterocycles. The molecule has 3 aliphatic carbocycles. The molecule has 2 aromatic rings. The van der Waals surface area contributed by atoms with E-state index in [1.807, 2.05) is 0 Å². The molecule has 144 valence electrons. The highest BCUT2D eigenvalue weighted by Gasteiger charge is 2.57. The molecule has 2 fully saturated rings. The van der Waals surface area contributed by atoms with Crippen LogP contribution < -0.4 is 9.47 Å². The van der Waals surface area contributed by atoms with Gasteiger partial charge in [0.05, 0.1) is 14.2 Å². The first kappa shape index (κ1) is 17.6. The summed E-state index contributed by atoms with van der Waals surface area (Å²) in [7, 11) is 3.51. The molecule has 0 N–H and O–H groups in total. The Morgan fingerprint density at radius 3 is 1.68 bits per heavy atom. The first-order valence-corrected chi connectivity index (χ1v) is 10.3. The van der Waals surface area contributed by atoms with Crippen LogP contribution in [-0.2, 0) is 5.41 Å². The maximum atomic E-state index is 5.61. The van der Waals surface area contributed by atoms with Crippen LogP contribution in [0.3, 0.4) is 0 Å². The predicted octanol–water partition coefficient (Wildman–Crippen LogP) is 6.00. The lowest BCUT2D eigenvalue weighted by atomic mass is 9.73. The van der Waals surface area contributed by atoms with Crippen molar-refractivity contribution in [1.82, 2.24) is 0 Å². The summed E-state index contributed by atoms with van der Waals surface area (Å²) in [4.78, 5) is 0. The Kier molecular flexibility index (Phi) is 3.94. The summed E-state index contributed by atoms with van der Waals surface area (Å²) in [6, 6.07) is 13.2. The highest BCUT2D eigenvalue weighted by atomic mass is 16.5. The zero-order valence-electron chi connectivity index (χ0n) is 16.8. The molecule has 0 saturated heterocycles. The van der Waals surface area contributed by atoms with Gasteiger partial charge in [0.15, 0.2) is 0 Å². The molecule has 2 nitrogen and oxygen atoms in total. The first-order chi connectivity index (χ1) is 13.6. The number of rotatable bonds is 4. The fraction of sp³-hybridized carbons (Fsp3) is 0.385. The second-order valence-corrected chi connectivity index (χ2v) is 8.68. The Bertz CT molecular complexity index is 879. The quantitative estimate of drug-likeness (QED) is 0.612. The third-order valence-corrected chi connectivity index (χ3v) is 7.74. The number of hydrogen-bond acceptors (Lipinski definition) is 2. The monoisotopic (exact) mass is 372 g/mol. The Hall–Kier alpha value is -2.48. The van der Waals surface area contributed by atoms with Crippen LogP contribution in [0, 0.1) is 23.7 Å². The molecule has 2 heteroatoms. The lowest BCUT2D eigenvalue weighted by molar-refractivity contribution is 0.381. The van der Waals surface area contributed by atoms with E-state index in [4.69, 9.17) is 9.47 Å². The number of fused-ring (bicyclic) bond motifs is 6. The largest absolute Gasteiger partial charge is 0.497 e. The first-order valence-electron chi connectivity index (χ1n) is 10.3. The zero-order valence-corrected chi connectivity index (χ0v) is 16.8. The minimum absolute atomic E-state index is 0.0338. The van der Waals surface area contributed by atoms with Gasteiger partial charge in [-0.25, -0.2) is 0 Å². The van der Waals surface area contributed by atoms with E-state index in [1.54, 1.807) is 14.2 Å². The van der Waals surface area contributed by atoms with Crippen molar-refractivity contribution in [3.63, 3.8) is 0 Å². The molecule has 3 aliphatic rings. The predicted molar refractivity (Wildman–Crippen MR) is 114 cm³/mol. The van der Waals surface area contributed by atoms with Gasteiger partial charge >= 0.3 is 0 Å². The third kappa shape index (κ3) is 2.21. The summed E-state index contributed by atoms with van der Waals surface area (Å²) < 4.78 is 11.2. The van der Waals surface area contributed by atoms with Crippen LogP contribution >= 0.6 is 0 Å². The lowest BCUT2D eigenvalue weighted by Gasteiger charge is -2.30. The number of allylic oxidation sites excluding steroid dienone is 2. The van der Waals surface area contributed by atoms with Crippen molar-refractivity contribution in [2.75, 3.05) is 14.2 Å². The van der Waals surface area contributed by atoms with E-state index in [1.165, 1.54) is 41.5 Å².